The molecule has 1 amide bonds. The highest BCUT2D eigenvalue weighted by Crippen LogP contribution is 2.36. The van der Waals surface area contributed by atoms with Crippen LogP contribution in [0.15, 0.2) is 41.3 Å². The molecule has 150 valence electrons. The summed E-state index contributed by atoms with van der Waals surface area (Å²) in [7, 11) is 0. The maximum atomic E-state index is 13.3. The first-order chi connectivity index (χ1) is 13.5. The molecule has 1 aliphatic carbocycles. The number of halogens is 2. The van der Waals surface area contributed by atoms with Crippen molar-refractivity contribution in [2.75, 3.05) is 5.32 Å². The van der Waals surface area contributed by atoms with Crippen LogP contribution < -0.4 is 5.32 Å². The monoisotopic (exact) mass is 421 g/mol. The highest BCUT2D eigenvalue weighted by molar-refractivity contribution is 8.00. The Morgan fingerprint density at radius 2 is 1.96 bits per heavy atom. The van der Waals surface area contributed by atoms with Gasteiger partial charge in [-0.2, -0.15) is 0 Å². The van der Waals surface area contributed by atoms with E-state index in [0.29, 0.717) is 16.5 Å². The molecule has 0 radical (unpaired) electrons. The molecule has 0 saturated heterocycles. The number of benzene rings is 2. The van der Waals surface area contributed by atoms with Gasteiger partial charge in [0.2, 0.25) is 0 Å². The van der Waals surface area contributed by atoms with Gasteiger partial charge < -0.3 is 10.4 Å². The van der Waals surface area contributed by atoms with Crippen LogP contribution in [0.2, 0.25) is 5.02 Å². The van der Waals surface area contributed by atoms with Gasteiger partial charge in [0.25, 0.3) is 5.91 Å². The zero-order valence-corrected chi connectivity index (χ0v) is 17.5. The van der Waals surface area contributed by atoms with Gasteiger partial charge in [0.05, 0.1) is 11.1 Å². The Bertz CT molecular complexity index is 837. The van der Waals surface area contributed by atoms with Crippen molar-refractivity contribution in [2.24, 2.45) is 0 Å². The summed E-state index contributed by atoms with van der Waals surface area (Å²) in [5.74, 6) is -0.758. The summed E-state index contributed by atoms with van der Waals surface area (Å²) in [6.07, 6.45) is 5.48. The number of carbonyl (C=O) groups excluding carboxylic acids is 1. The molecule has 1 aliphatic rings. The van der Waals surface area contributed by atoms with Crippen LogP contribution in [0.3, 0.4) is 0 Å². The number of amides is 1. The molecule has 0 aromatic heterocycles. The summed E-state index contributed by atoms with van der Waals surface area (Å²) >= 11 is 7.61. The van der Waals surface area contributed by atoms with Gasteiger partial charge in [-0.05, 0) is 68.0 Å². The maximum absolute atomic E-state index is 13.3. The van der Waals surface area contributed by atoms with Crippen LogP contribution in [-0.4, -0.2) is 22.4 Å². The van der Waals surface area contributed by atoms with E-state index in [4.69, 9.17) is 11.6 Å². The molecule has 0 aliphatic heterocycles. The normalized spacial score (nSPS) is 19.4. The average molecular weight is 422 g/mol. The highest BCUT2D eigenvalue weighted by Gasteiger charge is 2.21. The summed E-state index contributed by atoms with van der Waals surface area (Å²) in [5, 5.41) is 13.0. The van der Waals surface area contributed by atoms with Crippen molar-refractivity contribution in [3.05, 3.63) is 58.4 Å². The number of carbonyl (C=O) groups is 1. The molecule has 28 heavy (non-hydrogen) atoms. The molecule has 0 unspecified atom stereocenters. The molecule has 2 aromatic carbocycles. The van der Waals surface area contributed by atoms with Crippen LogP contribution in [0.5, 0.6) is 0 Å². The fraction of sp³-hybridized carbons (Fsp3) is 0.409. The molecule has 0 atom stereocenters. The van der Waals surface area contributed by atoms with Crippen LogP contribution in [0.4, 0.5) is 10.1 Å². The molecular formula is C22H25ClFNO2S. The quantitative estimate of drug-likeness (QED) is 0.594. The molecule has 0 spiro atoms. The largest absolute Gasteiger partial charge is 0.393 e. The smallest absolute Gasteiger partial charge is 0.255 e. The summed E-state index contributed by atoms with van der Waals surface area (Å²) < 4.78 is 13.3. The van der Waals surface area contributed by atoms with Gasteiger partial charge in [-0.25, -0.2) is 4.39 Å². The lowest BCUT2D eigenvalue weighted by atomic mass is 9.97. The number of aliphatic hydroxyl groups is 1. The van der Waals surface area contributed by atoms with Gasteiger partial charge in [-0.1, -0.05) is 31.0 Å². The number of hydrogen-bond donors (Lipinski definition) is 2. The molecule has 6 heteroatoms. The van der Waals surface area contributed by atoms with Crippen molar-refractivity contribution >= 4 is 35.0 Å². The van der Waals surface area contributed by atoms with Crippen molar-refractivity contribution in [1.29, 1.82) is 0 Å². The van der Waals surface area contributed by atoms with E-state index >= 15 is 0 Å². The number of anilines is 1. The van der Waals surface area contributed by atoms with E-state index in [-0.39, 0.29) is 17.0 Å². The molecule has 0 bridgehead atoms. The zero-order valence-electron chi connectivity index (χ0n) is 15.9. The van der Waals surface area contributed by atoms with Gasteiger partial charge in [0, 0.05) is 21.4 Å². The van der Waals surface area contributed by atoms with Crippen LogP contribution in [-0.2, 0) is 6.42 Å². The Morgan fingerprint density at radius 3 is 2.64 bits per heavy atom. The third-order valence-electron chi connectivity index (χ3n) is 4.96. The lowest BCUT2D eigenvalue weighted by molar-refractivity contribution is 0.102. The van der Waals surface area contributed by atoms with Gasteiger partial charge in [-0.3, -0.25) is 4.79 Å². The predicted molar refractivity (Wildman–Crippen MR) is 114 cm³/mol. The van der Waals surface area contributed by atoms with E-state index in [9.17, 15) is 14.3 Å². The first kappa shape index (κ1) is 21.2. The fourth-order valence-corrected chi connectivity index (χ4v) is 4.97. The predicted octanol–water partition coefficient (Wildman–Crippen LogP) is 6.08. The Hall–Kier alpha value is -1.56. The molecule has 1 fully saturated rings. The minimum atomic E-state index is -0.514. The van der Waals surface area contributed by atoms with E-state index in [1.807, 2.05) is 30.0 Å². The van der Waals surface area contributed by atoms with E-state index in [2.05, 4.69) is 12.2 Å². The summed E-state index contributed by atoms with van der Waals surface area (Å²) in [6.45, 7) is 2.14. The minimum absolute atomic E-state index is 0.0215. The third kappa shape index (κ3) is 5.49. The Labute approximate surface area is 174 Å². The first-order valence-electron chi connectivity index (χ1n) is 9.70. The van der Waals surface area contributed by atoms with Crippen LogP contribution in [0.25, 0.3) is 0 Å². The number of aryl methyl sites for hydroxylation is 1. The molecule has 0 heterocycles. The van der Waals surface area contributed by atoms with Gasteiger partial charge in [0.1, 0.15) is 5.82 Å². The number of thioether (sulfide) groups is 1. The highest BCUT2D eigenvalue weighted by atomic mass is 35.5. The molecule has 2 N–H and O–H groups in total. The lowest BCUT2D eigenvalue weighted by Gasteiger charge is -2.25. The average Bonchev–Trinajstić information content (AvgIpc) is 2.68. The second-order valence-corrected chi connectivity index (χ2v) is 8.95. The minimum Gasteiger partial charge on any atom is -0.393 e. The topological polar surface area (TPSA) is 49.3 Å². The second-order valence-electron chi connectivity index (χ2n) is 7.20. The van der Waals surface area contributed by atoms with Crippen LogP contribution in [0, 0.1) is 5.82 Å². The van der Waals surface area contributed by atoms with Crippen molar-refractivity contribution in [1.82, 2.24) is 0 Å². The first-order valence-corrected chi connectivity index (χ1v) is 11.0. The van der Waals surface area contributed by atoms with E-state index in [1.54, 1.807) is 0 Å². The van der Waals surface area contributed by atoms with Crippen LogP contribution >= 0.6 is 23.4 Å². The van der Waals surface area contributed by atoms with Gasteiger partial charge in [0.15, 0.2) is 0 Å². The fourth-order valence-electron chi connectivity index (χ4n) is 3.40. The van der Waals surface area contributed by atoms with Crippen LogP contribution in [0.1, 0.15) is 54.9 Å². The Morgan fingerprint density at radius 1 is 1.21 bits per heavy atom. The maximum Gasteiger partial charge on any atom is 0.255 e. The summed E-state index contributed by atoms with van der Waals surface area (Å²) in [6, 6.07) is 9.94. The van der Waals surface area contributed by atoms with Crippen molar-refractivity contribution in [3.63, 3.8) is 0 Å². The second kappa shape index (κ2) is 9.77. The van der Waals surface area contributed by atoms with Gasteiger partial charge in [-0.15, -0.1) is 11.8 Å². The Kier molecular flexibility index (Phi) is 7.38. The Balaban J connectivity index is 1.76. The van der Waals surface area contributed by atoms with Crippen molar-refractivity contribution in [3.8, 4) is 0 Å². The number of hydrogen-bond acceptors (Lipinski definition) is 3. The summed E-state index contributed by atoms with van der Waals surface area (Å²) in [5.41, 5.74) is 2.28. The third-order valence-corrected chi connectivity index (χ3v) is 6.69. The lowest BCUT2D eigenvalue weighted by Crippen LogP contribution is -2.19. The molecule has 3 nitrogen and oxygen atoms in total. The number of aliphatic hydroxyl groups excluding tert-OH is 1. The molecule has 1 saturated carbocycles. The molecular weight excluding hydrogens is 397 g/mol. The van der Waals surface area contributed by atoms with Gasteiger partial charge >= 0.3 is 0 Å². The molecule has 3 rings (SSSR count). The number of nitrogens with one attached hydrogen (secondary N) is 1. The number of rotatable bonds is 6. The van der Waals surface area contributed by atoms with Crippen molar-refractivity contribution in [2.45, 2.75) is 61.7 Å². The van der Waals surface area contributed by atoms with Crippen molar-refractivity contribution < 1.29 is 14.3 Å². The standard InChI is InChI=1S/C22H25ClFNO2S/c1-2-3-14-4-5-15(12-21(14)28-18-9-7-17(26)8-10-18)22(27)25-16-6-11-20(24)19(23)13-16/h4-6,11-13,17-18,26H,2-3,7-10H2,1H3,(H,25,27). The van der Waals surface area contributed by atoms with E-state index in [0.717, 1.165) is 43.4 Å². The van der Waals surface area contributed by atoms with E-state index < -0.39 is 5.82 Å². The van der Waals surface area contributed by atoms with E-state index in [1.165, 1.54) is 23.8 Å². The molecule has 2 aromatic rings. The summed E-state index contributed by atoms with van der Waals surface area (Å²) in [4.78, 5) is 13.8. The zero-order chi connectivity index (χ0) is 20.1. The SMILES string of the molecule is CCCc1ccc(C(=O)Nc2ccc(F)c(Cl)c2)cc1SC1CCC(O)CC1.